The summed E-state index contributed by atoms with van der Waals surface area (Å²) in [5.74, 6) is 1.11. The number of thioether (sulfide) groups is 1. The van der Waals surface area contributed by atoms with E-state index in [4.69, 9.17) is 0 Å². The molecule has 2 heteroatoms. The second-order valence-electron chi connectivity index (χ2n) is 3.33. The second-order valence-corrected chi connectivity index (χ2v) is 4.54. The van der Waals surface area contributed by atoms with Crippen LogP contribution in [0.4, 0.5) is 0 Å². The third kappa shape index (κ3) is 1.78. The molecule has 1 atom stereocenters. The molecule has 0 amide bonds. The second kappa shape index (κ2) is 3.54. The highest BCUT2D eigenvalue weighted by Gasteiger charge is 2.18. The van der Waals surface area contributed by atoms with Crippen molar-refractivity contribution in [3.63, 3.8) is 0 Å². The summed E-state index contributed by atoms with van der Waals surface area (Å²) in [5, 5.41) is 1.22. The van der Waals surface area contributed by atoms with E-state index >= 15 is 0 Å². The maximum absolute atomic E-state index is 4.60. The Morgan fingerprint density at radius 2 is 2.08 bits per heavy atom. The van der Waals surface area contributed by atoms with Crippen LogP contribution in [0.25, 0.3) is 0 Å². The van der Waals surface area contributed by atoms with E-state index in [2.05, 4.69) is 43.1 Å². The Hall–Kier alpha value is -0.760. The first-order valence-electron chi connectivity index (χ1n) is 4.50. The van der Waals surface area contributed by atoms with Crippen LogP contribution in [0.3, 0.4) is 0 Å². The zero-order chi connectivity index (χ0) is 9.26. The number of benzene rings is 1. The van der Waals surface area contributed by atoms with E-state index in [0.29, 0.717) is 6.04 Å². The quantitative estimate of drug-likeness (QED) is 0.664. The van der Waals surface area contributed by atoms with Crippen molar-refractivity contribution >= 4 is 16.8 Å². The van der Waals surface area contributed by atoms with Crippen LogP contribution in [-0.4, -0.2) is 10.8 Å². The van der Waals surface area contributed by atoms with Crippen molar-refractivity contribution in [2.75, 3.05) is 5.75 Å². The fraction of sp³-hybridized carbons (Fsp3) is 0.364. The lowest BCUT2D eigenvalue weighted by molar-refractivity contribution is 0.840. The third-order valence-electron chi connectivity index (χ3n) is 2.34. The summed E-state index contributed by atoms with van der Waals surface area (Å²) >= 11 is 1.86. The normalized spacial score (nSPS) is 21.7. The van der Waals surface area contributed by atoms with E-state index < -0.39 is 0 Å². The van der Waals surface area contributed by atoms with Gasteiger partial charge in [0.2, 0.25) is 0 Å². The molecule has 0 spiro atoms. The Balaban J connectivity index is 2.31. The number of hydrogen-bond acceptors (Lipinski definition) is 2. The highest BCUT2D eigenvalue weighted by Crippen LogP contribution is 2.31. The third-order valence-corrected chi connectivity index (χ3v) is 3.34. The smallest absolute Gasteiger partial charge is 0.0855 e. The molecule has 0 aliphatic carbocycles. The molecule has 0 saturated carbocycles. The summed E-state index contributed by atoms with van der Waals surface area (Å²) in [4.78, 5) is 4.60. The van der Waals surface area contributed by atoms with Gasteiger partial charge in [-0.25, -0.2) is 0 Å². The highest BCUT2D eigenvalue weighted by molar-refractivity contribution is 8.14. The van der Waals surface area contributed by atoms with Gasteiger partial charge >= 0.3 is 0 Å². The Morgan fingerprint density at radius 3 is 2.69 bits per heavy atom. The predicted octanol–water partition coefficient (Wildman–Crippen LogP) is 3.20. The van der Waals surface area contributed by atoms with Crippen LogP contribution < -0.4 is 0 Å². The largest absolute Gasteiger partial charge is 0.274 e. The van der Waals surface area contributed by atoms with Gasteiger partial charge in [-0.2, -0.15) is 0 Å². The molecule has 1 nitrogen and oxygen atoms in total. The Bertz CT molecular complexity index is 344. The maximum Gasteiger partial charge on any atom is 0.0855 e. The number of aryl methyl sites for hydroxylation is 1. The summed E-state index contributed by atoms with van der Waals surface area (Å²) < 4.78 is 0. The Labute approximate surface area is 83.3 Å². The van der Waals surface area contributed by atoms with Gasteiger partial charge in [-0.15, -0.1) is 11.8 Å². The molecule has 1 heterocycles. The minimum absolute atomic E-state index is 0.395. The van der Waals surface area contributed by atoms with Gasteiger partial charge < -0.3 is 0 Å². The van der Waals surface area contributed by atoms with Crippen LogP contribution >= 0.6 is 11.8 Å². The van der Waals surface area contributed by atoms with Gasteiger partial charge in [-0.05, 0) is 25.0 Å². The fourth-order valence-corrected chi connectivity index (χ4v) is 2.47. The van der Waals surface area contributed by atoms with Crippen LogP contribution in [0.15, 0.2) is 29.3 Å². The first-order chi connectivity index (χ1) is 6.27. The minimum Gasteiger partial charge on any atom is -0.274 e. The van der Waals surface area contributed by atoms with Crippen molar-refractivity contribution in [2.45, 2.75) is 19.9 Å². The van der Waals surface area contributed by atoms with Gasteiger partial charge in [-0.1, -0.05) is 24.3 Å². The van der Waals surface area contributed by atoms with Crippen LogP contribution in [-0.2, 0) is 0 Å². The number of hydrogen-bond donors (Lipinski definition) is 0. The zero-order valence-electron chi connectivity index (χ0n) is 7.95. The van der Waals surface area contributed by atoms with Gasteiger partial charge in [-0.3, -0.25) is 4.99 Å². The molecule has 0 saturated heterocycles. The summed E-state index contributed by atoms with van der Waals surface area (Å²) in [5.41, 5.74) is 2.73. The van der Waals surface area contributed by atoms with Crippen molar-refractivity contribution in [1.29, 1.82) is 0 Å². The van der Waals surface area contributed by atoms with Crippen molar-refractivity contribution in [3.05, 3.63) is 35.4 Å². The lowest BCUT2D eigenvalue weighted by Gasteiger charge is -2.08. The van der Waals surface area contributed by atoms with Gasteiger partial charge in [0.05, 0.1) is 11.1 Å². The SMILES string of the molecule is CC1=NC(c2ccccc2C)CS1. The highest BCUT2D eigenvalue weighted by atomic mass is 32.2. The molecular weight excluding hydrogens is 178 g/mol. The monoisotopic (exact) mass is 191 g/mol. The minimum atomic E-state index is 0.395. The summed E-state index contributed by atoms with van der Waals surface area (Å²) in [6, 6.07) is 8.91. The standard InChI is InChI=1S/C11H13NS/c1-8-5-3-4-6-10(8)11-7-13-9(2)12-11/h3-6,11H,7H2,1-2H3. The number of aliphatic imine (C=N–C) groups is 1. The lowest BCUT2D eigenvalue weighted by atomic mass is 10.0. The molecule has 1 aliphatic rings. The molecule has 13 heavy (non-hydrogen) atoms. The molecule has 1 aromatic carbocycles. The lowest BCUT2D eigenvalue weighted by Crippen LogP contribution is -1.96. The van der Waals surface area contributed by atoms with E-state index in [9.17, 15) is 0 Å². The van der Waals surface area contributed by atoms with Gasteiger partial charge in [0, 0.05) is 5.75 Å². The van der Waals surface area contributed by atoms with Gasteiger partial charge in [0.1, 0.15) is 0 Å². The van der Waals surface area contributed by atoms with Crippen LogP contribution in [0, 0.1) is 6.92 Å². The fourth-order valence-electron chi connectivity index (χ4n) is 1.61. The van der Waals surface area contributed by atoms with Gasteiger partial charge in [0.15, 0.2) is 0 Å². The first-order valence-corrected chi connectivity index (χ1v) is 5.48. The van der Waals surface area contributed by atoms with Crippen LogP contribution in [0.5, 0.6) is 0 Å². The van der Waals surface area contributed by atoms with Crippen molar-refractivity contribution in [2.24, 2.45) is 4.99 Å². The maximum atomic E-state index is 4.60. The molecule has 2 rings (SSSR count). The van der Waals surface area contributed by atoms with E-state index in [-0.39, 0.29) is 0 Å². The molecule has 1 aliphatic heterocycles. The Kier molecular flexibility index (Phi) is 2.40. The molecule has 0 aromatic heterocycles. The topological polar surface area (TPSA) is 12.4 Å². The van der Waals surface area contributed by atoms with E-state index in [0.717, 1.165) is 5.75 Å². The molecule has 68 valence electrons. The molecule has 0 N–H and O–H groups in total. The van der Waals surface area contributed by atoms with Crippen molar-refractivity contribution in [1.82, 2.24) is 0 Å². The summed E-state index contributed by atoms with van der Waals surface area (Å²) in [6.07, 6.45) is 0. The van der Waals surface area contributed by atoms with Crippen LogP contribution in [0.2, 0.25) is 0 Å². The first kappa shape index (κ1) is 8.82. The molecule has 1 aromatic rings. The van der Waals surface area contributed by atoms with E-state index in [1.807, 2.05) is 11.8 Å². The van der Waals surface area contributed by atoms with E-state index in [1.54, 1.807) is 0 Å². The average Bonchev–Trinajstić information content (AvgIpc) is 2.53. The number of rotatable bonds is 1. The average molecular weight is 191 g/mol. The molecule has 0 bridgehead atoms. The summed E-state index contributed by atoms with van der Waals surface area (Å²) in [7, 11) is 0. The Morgan fingerprint density at radius 1 is 1.31 bits per heavy atom. The molecule has 0 fully saturated rings. The zero-order valence-corrected chi connectivity index (χ0v) is 8.77. The van der Waals surface area contributed by atoms with Gasteiger partial charge in [0.25, 0.3) is 0 Å². The predicted molar refractivity (Wildman–Crippen MR) is 59.5 cm³/mol. The van der Waals surface area contributed by atoms with Crippen molar-refractivity contribution in [3.8, 4) is 0 Å². The molecular formula is C11H13NS. The summed E-state index contributed by atoms with van der Waals surface area (Å²) in [6.45, 7) is 4.24. The van der Waals surface area contributed by atoms with Crippen LogP contribution in [0.1, 0.15) is 24.1 Å². The van der Waals surface area contributed by atoms with Crippen molar-refractivity contribution < 1.29 is 0 Å². The molecule has 1 unspecified atom stereocenters. The van der Waals surface area contributed by atoms with E-state index in [1.165, 1.54) is 16.2 Å². The molecule has 0 radical (unpaired) electrons. The number of nitrogens with zero attached hydrogens (tertiary/aromatic N) is 1.